The highest BCUT2D eigenvalue weighted by molar-refractivity contribution is 5.72. The first-order valence-electron chi connectivity index (χ1n) is 7.81. The van der Waals surface area contributed by atoms with Crippen molar-refractivity contribution in [3.63, 3.8) is 0 Å². The second-order valence-corrected chi connectivity index (χ2v) is 4.43. The van der Waals surface area contributed by atoms with Crippen LogP contribution in [-0.2, 0) is 9.53 Å². The van der Waals surface area contributed by atoms with E-state index >= 15 is 0 Å². The second kappa shape index (κ2) is 4.33. The van der Waals surface area contributed by atoms with Gasteiger partial charge in [-0.15, -0.1) is 0 Å². The van der Waals surface area contributed by atoms with Gasteiger partial charge in [0.1, 0.15) is 0 Å². The zero-order valence-corrected chi connectivity index (χ0v) is 9.18. The molecule has 0 amide bonds. The predicted molar refractivity (Wildman–Crippen MR) is 56.9 cm³/mol. The molecule has 0 heterocycles. The van der Waals surface area contributed by atoms with Crippen LogP contribution in [0.2, 0.25) is 0 Å². The summed E-state index contributed by atoms with van der Waals surface area (Å²) >= 11 is 0. The minimum atomic E-state index is -2.31. The van der Waals surface area contributed by atoms with Gasteiger partial charge >= 0.3 is 5.97 Å². The number of rotatable bonds is 1. The molecule has 1 rings (SSSR count). The lowest BCUT2D eigenvalue weighted by atomic mass is 9.70. The Hall–Kier alpha value is -0.530. The first kappa shape index (κ1) is 5.53. The highest BCUT2D eigenvalue weighted by Gasteiger charge is 2.32. The van der Waals surface area contributed by atoms with Crippen molar-refractivity contribution in [1.29, 1.82) is 0 Å². The van der Waals surface area contributed by atoms with Crippen LogP contribution in [0.15, 0.2) is 0 Å². The molecule has 0 saturated heterocycles. The molecule has 0 bridgehead atoms. The standard InChI is InChI=1S/C12H22O2/c1-12(2,3)10-7-5-9(6-8-10)11(13)14-4/h9-10H,5-8H2,1-4H3/t9-,10-/i5D2,7D,8D2,10D/t7?,9-,10-/m0/s1. The summed E-state index contributed by atoms with van der Waals surface area (Å²) in [6.07, 6.45) is -6.62. The van der Waals surface area contributed by atoms with Gasteiger partial charge in [0.2, 0.25) is 0 Å². The maximum atomic E-state index is 11.7. The van der Waals surface area contributed by atoms with E-state index in [1.807, 2.05) is 0 Å². The molecule has 2 nitrogen and oxygen atoms in total. The third-order valence-corrected chi connectivity index (χ3v) is 2.22. The van der Waals surface area contributed by atoms with Gasteiger partial charge in [-0.05, 0) is 36.9 Å². The number of methoxy groups -OCH3 is 1. The van der Waals surface area contributed by atoms with Gasteiger partial charge in [0.15, 0.2) is 0 Å². The van der Waals surface area contributed by atoms with Crippen molar-refractivity contribution in [3.05, 3.63) is 0 Å². The van der Waals surface area contributed by atoms with E-state index in [-0.39, 0.29) is 0 Å². The number of ether oxygens (including phenoxy) is 1. The molecule has 1 unspecified atom stereocenters. The van der Waals surface area contributed by atoms with Crippen LogP contribution in [0.25, 0.3) is 0 Å². The Labute approximate surface area is 95.5 Å². The molecule has 1 aliphatic rings. The minimum Gasteiger partial charge on any atom is -0.469 e. The molecule has 0 aliphatic heterocycles. The normalized spacial score (nSPS) is 52.6. The first-order valence-corrected chi connectivity index (χ1v) is 4.73. The summed E-state index contributed by atoms with van der Waals surface area (Å²) in [6, 6.07) is 0. The summed E-state index contributed by atoms with van der Waals surface area (Å²) < 4.78 is 53.4. The molecule has 0 N–H and O–H groups in total. The van der Waals surface area contributed by atoms with Crippen LogP contribution in [-0.4, -0.2) is 13.1 Å². The summed E-state index contributed by atoms with van der Waals surface area (Å²) in [5.74, 6) is -4.20. The number of carbonyl (C=O) groups is 1. The van der Waals surface area contributed by atoms with Crippen molar-refractivity contribution in [2.24, 2.45) is 17.2 Å². The molecule has 1 saturated carbocycles. The first-order chi connectivity index (χ1) is 8.73. The summed E-state index contributed by atoms with van der Waals surface area (Å²) in [5, 5.41) is 0. The highest BCUT2D eigenvalue weighted by atomic mass is 16.5. The molecule has 1 fully saturated rings. The molecule has 0 aromatic heterocycles. The Balaban J connectivity index is 3.41. The van der Waals surface area contributed by atoms with Crippen molar-refractivity contribution < 1.29 is 17.8 Å². The van der Waals surface area contributed by atoms with Crippen LogP contribution in [0.4, 0.5) is 0 Å². The molecule has 0 radical (unpaired) electrons. The summed E-state index contributed by atoms with van der Waals surface area (Å²) in [4.78, 5) is 11.7. The number of esters is 1. The third-order valence-electron chi connectivity index (χ3n) is 2.22. The van der Waals surface area contributed by atoms with E-state index in [4.69, 9.17) is 8.22 Å². The average Bonchev–Trinajstić information content (AvgIpc) is 2.29. The lowest BCUT2D eigenvalue weighted by molar-refractivity contribution is -0.147. The van der Waals surface area contributed by atoms with E-state index in [1.54, 1.807) is 20.8 Å². The molecular formula is C12H22O2. The molecule has 1 aliphatic carbocycles. The number of hydrogen-bond donors (Lipinski definition) is 0. The van der Waals surface area contributed by atoms with Crippen molar-refractivity contribution in [2.75, 3.05) is 7.11 Å². The van der Waals surface area contributed by atoms with Crippen LogP contribution in [0.1, 0.15) is 54.6 Å². The van der Waals surface area contributed by atoms with Crippen LogP contribution in [0.5, 0.6) is 0 Å². The van der Waals surface area contributed by atoms with E-state index < -0.39 is 48.8 Å². The van der Waals surface area contributed by atoms with Gasteiger partial charge < -0.3 is 4.74 Å². The van der Waals surface area contributed by atoms with Crippen molar-refractivity contribution in [1.82, 2.24) is 0 Å². The Bertz CT molecular complexity index is 403. The van der Waals surface area contributed by atoms with Gasteiger partial charge in [0.25, 0.3) is 0 Å². The van der Waals surface area contributed by atoms with E-state index in [9.17, 15) is 4.79 Å². The Kier molecular flexibility index (Phi) is 1.71. The average molecular weight is 204 g/mol. The monoisotopic (exact) mass is 204 g/mol. The van der Waals surface area contributed by atoms with Crippen LogP contribution >= 0.6 is 0 Å². The highest BCUT2D eigenvalue weighted by Crippen LogP contribution is 2.39. The summed E-state index contributed by atoms with van der Waals surface area (Å²) in [5.41, 5.74) is -0.947. The zero-order valence-electron chi connectivity index (χ0n) is 15.2. The zero-order chi connectivity index (χ0) is 16.1. The Morgan fingerprint density at radius 1 is 1.50 bits per heavy atom. The predicted octanol–water partition coefficient (Wildman–Crippen LogP) is 3.01. The van der Waals surface area contributed by atoms with Gasteiger partial charge in [-0.25, -0.2) is 0 Å². The minimum absolute atomic E-state index is 0.456. The van der Waals surface area contributed by atoms with Crippen molar-refractivity contribution in [2.45, 2.75) is 46.3 Å². The topological polar surface area (TPSA) is 26.3 Å². The summed E-state index contributed by atoms with van der Waals surface area (Å²) in [7, 11) is 1.11. The van der Waals surface area contributed by atoms with E-state index in [0.29, 0.717) is 0 Å². The van der Waals surface area contributed by atoms with E-state index in [1.165, 1.54) is 0 Å². The molecule has 2 heteroatoms. The van der Waals surface area contributed by atoms with Crippen LogP contribution in [0, 0.1) is 17.2 Å². The fraction of sp³-hybridized carbons (Fsp3) is 0.917. The molecule has 82 valence electrons. The molecule has 3 atom stereocenters. The summed E-state index contributed by atoms with van der Waals surface area (Å²) in [6.45, 7) is 4.86. The van der Waals surface area contributed by atoms with Gasteiger partial charge in [-0.2, -0.15) is 0 Å². The number of carbonyl (C=O) groups excluding carboxylic acids is 1. The Morgan fingerprint density at radius 2 is 2.14 bits per heavy atom. The third kappa shape index (κ3) is 2.73. The smallest absolute Gasteiger partial charge is 0.308 e. The van der Waals surface area contributed by atoms with Crippen molar-refractivity contribution >= 4 is 5.97 Å². The quantitative estimate of drug-likeness (QED) is 0.614. The van der Waals surface area contributed by atoms with Crippen LogP contribution in [0.3, 0.4) is 0 Å². The molecule has 0 aromatic rings. The molecule has 0 spiro atoms. The van der Waals surface area contributed by atoms with Gasteiger partial charge in [-0.3, -0.25) is 4.79 Å². The van der Waals surface area contributed by atoms with Gasteiger partial charge in [0.05, 0.1) is 13.0 Å². The largest absolute Gasteiger partial charge is 0.469 e. The fourth-order valence-corrected chi connectivity index (χ4v) is 1.28. The molecule has 14 heavy (non-hydrogen) atoms. The lowest BCUT2D eigenvalue weighted by Crippen LogP contribution is -2.29. The van der Waals surface area contributed by atoms with E-state index in [0.717, 1.165) is 7.11 Å². The van der Waals surface area contributed by atoms with E-state index in [2.05, 4.69) is 4.74 Å². The SMILES string of the molecule is [2H]C1C([2H])([2H])[C@H](C(=O)OC)CC([2H])([2H])[C@@]1([2H])C(C)(C)C. The molecule has 0 aromatic carbocycles. The Morgan fingerprint density at radius 3 is 2.64 bits per heavy atom. The fourth-order valence-electron chi connectivity index (χ4n) is 1.28. The second-order valence-electron chi connectivity index (χ2n) is 4.43. The van der Waals surface area contributed by atoms with Crippen molar-refractivity contribution in [3.8, 4) is 0 Å². The molecular weight excluding hydrogens is 176 g/mol. The van der Waals surface area contributed by atoms with Gasteiger partial charge in [-0.1, -0.05) is 20.8 Å². The van der Waals surface area contributed by atoms with Gasteiger partial charge in [0, 0.05) is 8.22 Å². The van der Waals surface area contributed by atoms with Crippen LogP contribution < -0.4 is 0 Å². The maximum Gasteiger partial charge on any atom is 0.308 e. The number of hydrogen-bond acceptors (Lipinski definition) is 2. The maximum absolute atomic E-state index is 11.7. The lowest BCUT2D eigenvalue weighted by Gasteiger charge is -2.36.